The van der Waals surface area contributed by atoms with Gasteiger partial charge < -0.3 is 14.5 Å². The minimum Gasteiger partial charge on any atom is -0.415 e. The molecule has 0 atom stereocenters. The average Bonchev–Trinajstić information content (AvgIpc) is 3.35. The van der Waals surface area contributed by atoms with Crippen LogP contribution in [0.2, 0.25) is 0 Å². The Morgan fingerprint density at radius 1 is 1.12 bits per heavy atom. The number of amides is 2. The van der Waals surface area contributed by atoms with Crippen molar-refractivity contribution in [1.29, 1.82) is 0 Å². The number of halogens is 3. The number of urea groups is 1. The molecule has 1 aliphatic rings. The van der Waals surface area contributed by atoms with E-state index in [0.717, 1.165) is 19.2 Å². The number of rotatable bonds is 8. The molecule has 180 valence electrons. The standard InChI is InChI=1S/C23H24F3N5O3/c24-19-14-16(21-28-29-22(34-21)20(25)26)6-7-17(19)15-31(18-4-2-1-3-5-18)23(32)27-8-9-30-10-12-33-13-11-30/h1-7,14,20H,8-13,15H2,(H,27,32). The normalized spacial score (nSPS) is 14.4. The SMILES string of the molecule is O=C(NCCN1CCOCC1)N(Cc1ccc(-c2nnc(C(F)F)o2)cc1F)c1ccccc1. The third kappa shape index (κ3) is 5.91. The summed E-state index contributed by atoms with van der Waals surface area (Å²) in [4.78, 5) is 16.6. The lowest BCUT2D eigenvalue weighted by Crippen LogP contribution is -2.45. The first kappa shape index (κ1) is 23.7. The maximum Gasteiger partial charge on any atom is 0.322 e. The fourth-order valence-corrected chi connectivity index (χ4v) is 3.55. The number of hydrogen-bond donors (Lipinski definition) is 1. The Morgan fingerprint density at radius 2 is 1.88 bits per heavy atom. The van der Waals surface area contributed by atoms with Gasteiger partial charge in [0.15, 0.2) is 0 Å². The van der Waals surface area contributed by atoms with Gasteiger partial charge in [0, 0.05) is 43.0 Å². The molecule has 1 N–H and O–H groups in total. The molecular formula is C23H24F3N5O3. The predicted octanol–water partition coefficient (Wildman–Crippen LogP) is 3.86. The van der Waals surface area contributed by atoms with Crippen LogP contribution >= 0.6 is 0 Å². The van der Waals surface area contributed by atoms with Gasteiger partial charge in [0.2, 0.25) is 5.89 Å². The third-order valence-corrected chi connectivity index (χ3v) is 5.38. The molecule has 2 heterocycles. The molecule has 0 bridgehead atoms. The van der Waals surface area contributed by atoms with Gasteiger partial charge in [-0.3, -0.25) is 9.80 Å². The van der Waals surface area contributed by atoms with Crippen molar-refractivity contribution in [2.45, 2.75) is 13.0 Å². The number of carbonyl (C=O) groups is 1. The highest BCUT2D eigenvalue weighted by atomic mass is 19.3. The zero-order chi connectivity index (χ0) is 23.9. The van der Waals surface area contributed by atoms with Crippen LogP contribution in [0.15, 0.2) is 52.9 Å². The highest BCUT2D eigenvalue weighted by Gasteiger charge is 2.21. The molecule has 11 heteroatoms. The summed E-state index contributed by atoms with van der Waals surface area (Å²) in [6.45, 7) is 4.06. The second-order valence-corrected chi connectivity index (χ2v) is 7.66. The van der Waals surface area contributed by atoms with Crippen LogP contribution < -0.4 is 10.2 Å². The Bertz CT molecular complexity index is 1090. The van der Waals surface area contributed by atoms with E-state index < -0.39 is 18.1 Å². The van der Waals surface area contributed by atoms with Crippen molar-refractivity contribution in [2.24, 2.45) is 0 Å². The molecule has 3 aromatic rings. The Hall–Kier alpha value is -3.44. The summed E-state index contributed by atoms with van der Waals surface area (Å²) >= 11 is 0. The van der Waals surface area contributed by atoms with Gasteiger partial charge in [-0.25, -0.2) is 9.18 Å². The molecule has 0 unspecified atom stereocenters. The van der Waals surface area contributed by atoms with Crippen molar-refractivity contribution < 1.29 is 27.1 Å². The van der Waals surface area contributed by atoms with Gasteiger partial charge in [0.05, 0.1) is 19.8 Å². The smallest absolute Gasteiger partial charge is 0.322 e. The van der Waals surface area contributed by atoms with Crippen LogP contribution in [0.1, 0.15) is 17.9 Å². The molecule has 1 aromatic heterocycles. The molecule has 0 spiro atoms. The molecule has 2 aromatic carbocycles. The van der Waals surface area contributed by atoms with Gasteiger partial charge in [0.25, 0.3) is 5.89 Å². The molecule has 4 rings (SSSR count). The largest absolute Gasteiger partial charge is 0.415 e. The fourth-order valence-electron chi connectivity index (χ4n) is 3.55. The van der Waals surface area contributed by atoms with Crippen molar-refractivity contribution in [3.05, 3.63) is 65.8 Å². The summed E-state index contributed by atoms with van der Waals surface area (Å²) in [6.07, 6.45) is -2.91. The summed E-state index contributed by atoms with van der Waals surface area (Å²) in [7, 11) is 0. The molecule has 0 radical (unpaired) electrons. The van der Waals surface area contributed by atoms with Crippen molar-refractivity contribution >= 4 is 11.7 Å². The lowest BCUT2D eigenvalue weighted by molar-refractivity contribution is 0.0387. The molecule has 8 nitrogen and oxygen atoms in total. The Morgan fingerprint density at radius 3 is 2.56 bits per heavy atom. The van der Waals surface area contributed by atoms with Crippen LogP contribution in [0.4, 0.5) is 23.7 Å². The monoisotopic (exact) mass is 475 g/mol. The minimum absolute atomic E-state index is 0.0361. The molecule has 34 heavy (non-hydrogen) atoms. The van der Waals surface area contributed by atoms with E-state index in [2.05, 4.69) is 20.4 Å². The van der Waals surface area contributed by atoms with E-state index in [4.69, 9.17) is 9.15 Å². The second-order valence-electron chi connectivity index (χ2n) is 7.66. The molecule has 0 saturated carbocycles. The first-order valence-electron chi connectivity index (χ1n) is 10.8. The zero-order valence-electron chi connectivity index (χ0n) is 18.3. The molecular weight excluding hydrogens is 451 g/mol. The lowest BCUT2D eigenvalue weighted by atomic mass is 10.1. The number of anilines is 1. The van der Waals surface area contributed by atoms with Crippen LogP contribution in [0.5, 0.6) is 0 Å². The molecule has 0 aliphatic carbocycles. The van der Waals surface area contributed by atoms with Crippen LogP contribution in [0.25, 0.3) is 11.5 Å². The number of nitrogens with one attached hydrogen (secondary N) is 1. The Kier molecular flexibility index (Phi) is 7.76. The van der Waals surface area contributed by atoms with Crippen LogP contribution in [-0.4, -0.2) is 60.5 Å². The van der Waals surface area contributed by atoms with Gasteiger partial charge in [-0.15, -0.1) is 10.2 Å². The number of morpholine rings is 1. The van der Waals surface area contributed by atoms with E-state index in [1.54, 1.807) is 24.3 Å². The number of para-hydroxylation sites is 1. The number of ether oxygens (including phenoxy) is 1. The quantitative estimate of drug-likeness (QED) is 0.533. The molecule has 1 fully saturated rings. The first-order valence-corrected chi connectivity index (χ1v) is 10.8. The minimum atomic E-state index is -2.91. The van der Waals surface area contributed by atoms with E-state index in [1.807, 2.05) is 6.07 Å². The fraction of sp³-hybridized carbons (Fsp3) is 0.348. The van der Waals surface area contributed by atoms with Crippen LogP contribution in [-0.2, 0) is 11.3 Å². The van der Waals surface area contributed by atoms with E-state index in [-0.39, 0.29) is 29.6 Å². The number of benzene rings is 2. The summed E-state index contributed by atoms with van der Waals surface area (Å²) in [6, 6.07) is 12.6. The first-order chi connectivity index (χ1) is 16.5. The third-order valence-electron chi connectivity index (χ3n) is 5.38. The predicted molar refractivity (Wildman–Crippen MR) is 118 cm³/mol. The Labute approximate surface area is 194 Å². The summed E-state index contributed by atoms with van der Waals surface area (Å²) in [5.41, 5.74) is 1.01. The highest BCUT2D eigenvalue weighted by Crippen LogP contribution is 2.26. The lowest BCUT2D eigenvalue weighted by Gasteiger charge is -2.28. The van der Waals surface area contributed by atoms with Gasteiger partial charge in [-0.05, 0) is 24.3 Å². The number of hydrogen-bond acceptors (Lipinski definition) is 6. The van der Waals surface area contributed by atoms with Gasteiger partial charge in [0.1, 0.15) is 5.82 Å². The summed E-state index contributed by atoms with van der Waals surface area (Å²) in [5, 5.41) is 9.69. The van der Waals surface area contributed by atoms with E-state index in [0.29, 0.717) is 32.0 Å². The maximum absolute atomic E-state index is 14.9. The average molecular weight is 475 g/mol. The van der Waals surface area contributed by atoms with Gasteiger partial charge in [-0.2, -0.15) is 8.78 Å². The van der Waals surface area contributed by atoms with Gasteiger partial charge in [-0.1, -0.05) is 24.3 Å². The molecule has 1 saturated heterocycles. The zero-order valence-corrected chi connectivity index (χ0v) is 18.3. The highest BCUT2D eigenvalue weighted by molar-refractivity contribution is 5.91. The maximum atomic E-state index is 14.9. The topological polar surface area (TPSA) is 83.7 Å². The number of nitrogens with zero attached hydrogens (tertiary/aromatic N) is 4. The van der Waals surface area contributed by atoms with E-state index in [9.17, 15) is 18.0 Å². The second kappa shape index (κ2) is 11.1. The van der Waals surface area contributed by atoms with Crippen molar-refractivity contribution in [1.82, 2.24) is 20.4 Å². The molecule has 1 aliphatic heterocycles. The number of carbonyl (C=O) groups excluding carboxylic acids is 1. The summed E-state index contributed by atoms with van der Waals surface area (Å²) in [5.74, 6) is -1.67. The number of aromatic nitrogens is 2. The number of alkyl halides is 2. The van der Waals surface area contributed by atoms with Crippen LogP contribution in [0, 0.1) is 5.82 Å². The van der Waals surface area contributed by atoms with E-state index in [1.165, 1.54) is 17.0 Å². The van der Waals surface area contributed by atoms with E-state index >= 15 is 0 Å². The summed E-state index contributed by atoms with van der Waals surface area (Å²) < 4.78 is 50.5. The van der Waals surface area contributed by atoms with Crippen molar-refractivity contribution in [3.8, 4) is 11.5 Å². The van der Waals surface area contributed by atoms with Crippen molar-refractivity contribution in [2.75, 3.05) is 44.3 Å². The molecule has 2 amide bonds. The van der Waals surface area contributed by atoms with Crippen LogP contribution in [0.3, 0.4) is 0 Å². The van der Waals surface area contributed by atoms with Gasteiger partial charge >= 0.3 is 12.5 Å². The van der Waals surface area contributed by atoms with Crippen molar-refractivity contribution in [3.63, 3.8) is 0 Å². The Balaban J connectivity index is 1.46.